The van der Waals surface area contributed by atoms with Gasteiger partial charge in [-0.05, 0) is 30.7 Å². The maximum atomic E-state index is 6.19. The van der Waals surface area contributed by atoms with Crippen LogP contribution in [0.1, 0.15) is 29.7 Å². The van der Waals surface area contributed by atoms with Crippen molar-refractivity contribution in [2.75, 3.05) is 26.1 Å². The number of fused-ring (bicyclic) bond motifs is 3. The Bertz CT molecular complexity index is 764. The van der Waals surface area contributed by atoms with Crippen molar-refractivity contribution in [3.8, 4) is 11.5 Å². The van der Waals surface area contributed by atoms with Crippen molar-refractivity contribution in [3.05, 3.63) is 52.5 Å². The van der Waals surface area contributed by atoms with Gasteiger partial charge in [0.25, 0.3) is 0 Å². The molecule has 24 heavy (non-hydrogen) atoms. The minimum Gasteiger partial charge on any atom is -0.493 e. The summed E-state index contributed by atoms with van der Waals surface area (Å²) < 4.78 is 17.2. The Labute approximate surface area is 146 Å². The quantitative estimate of drug-likeness (QED) is 0.882. The lowest BCUT2D eigenvalue weighted by atomic mass is 9.80. The van der Waals surface area contributed by atoms with Gasteiger partial charge in [-0.2, -0.15) is 0 Å². The molecule has 5 heteroatoms. The predicted octanol–water partition coefficient (Wildman–Crippen LogP) is 4.60. The highest BCUT2D eigenvalue weighted by Crippen LogP contribution is 2.52. The molecule has 0 amide bonds. The van der Waals surface area contributed by atoms with Crippen LogP contribution in [0.5, 0.6) is 11.5 Å². The van der Waals surface area contributed by atoms with Gasteiger partial charge in [-0.3, -0.25) is 0 Å². The van der Waals surface area contributed by atoms with Crippen LogP contribution < -0.4 is 14.8 Å². The van der Waals surface area contributed by atoms with Crippen LogP contribution in [0.25, 0.3) is 0 Å². The van der Waals surface area contributed by atoms with Gasteiger partial charge in [-0.25, -0.2) is 0 Å². The number of nitrogens with one attached hydrogen (secondary N) is 1. The molecule has 0 aliphatic carbocycles. The fourth-order valence-electron chi connectivity index (χ4n) is 3.91. The summed E-state index contributed by atoms with van der Waals surface area (Å²) in [6.07, 6.45) is 1.05. The standard InChI is InChI=1S/C19H20ClNO3/c1-22-16-5-3-4-12(19(16)23-2)17-13-8-9-24-18(13)14-10-11(20)6-7-15(14)21-17/h3-7,10,13,17-18,21H,8-9H2,1-2H3/t13-,17+,18-/m1/s1. The van der Waals surface area contributed by atoms with E-state index in [0.717, 1.165) is 46.4 Å². The van der Waals surface area contributed by atoms with Crippen molar-refractivity contribution in [1.29, 1.82) is 0 Å². The molecule has 0 spiro atoms. The third kappa shape index (κ3) is 2.41. The Morgan fingerprint density at radius 3 is 2.79 bits per heavy atom. The lowest BCUT2D eigenvalue weighted by Gasteiger charge is -2.37. The summed E-state index contributed by atoms with van der Waals surface area (Å²) in [7, 11) is 3.34. The maximum Gasteiger partial charge on any atom is 0.165 e. The third-order valence-corrected chi connectivity index (χ3v) is 5.20. The molecule has 0 bridgehead atoms. The zero-order valence-corrected chi connectivity index (χ0v) is 14.5. The molecule has 4 nitrogen and oxygen atoms in total. The average Bonchev–Trinajstić information content (AvgIpc) is 3.10. The molecule has 0 aromatic heterocycles. The number of halogens is 1. The first-order valence-corrected chi connectivity index (χ1v) is 8.49. The average molecular weight is 346 g/mol. The minimum atomic E-state index is 0.0563. The number of ether oxygens (including phenoxy) is 3. The molecule has 0 unspecified atom stereocenters. The van der Waals surface area contributed by atoms with E-state index in [2.05, 4.69) is 11.4 Å². The van der Waals surface area contributed by atoms with Gasteiger partial charge in [-0.15, -0.1) is 0 Å². The Morgan fingerprint density at radius 1 is 1.12 bits per heavy atom. The molecular weight excluding hydrogens is 326 g/mol. The fourth-order valence-corrected chi connectivity index (χ4v) is 4.09. The molecule has 2 aliphatic heterocycles. The molecule has 2 heterocycles. The first kappa shape index (κ1) is 15.6. The molecule has 2 aliphatic rings. The van der Waals surface area contributed by atoms with Crippen molar-refractivity contribution in [2.45, 2.75) is 18.6 Å². The van der Waals surface area contributed by atoms with Crippen molar-refractivity contribution >= 4 is 17.3 Å². The number of rotatable bonds is 3. The van der Waals surface area contributed by atoms with Crippen LogP contribution in [0.3, 0.4) is 0 Å². The Morgan fingerprint density at radius 2 is 2.00 bits per heavy atom. The second-order valence-electron chi connectivity index (χ2n) is 6.18. The third-order valence-electron chi connectivity index (χ3n) is 4.97. The fraction of sp³-hybridized carbons (Fsp3) is 0.368. The number of hydrogen-bond donors (Lipinski definition) is 1. The van der Waals surface area contributed by atoms with Crippen LogP contribution in [0.15, 0.2) is 36.4 Å². The van der Waals surface area contributed by atoms with Crippen molar-refractivity contribution in [2.24, 2.45) is 5.92 Å². The normalized spacial score (nSPS) is 24.7. The second-order valence-corrected chi connectivity index (χ2v) is 6.62. The highest BCUT2D eigenvalue weighted by atomic mass is 35.5. The van der Waals surface area contributed by atoms with E-state index < -0.39 is 0 Å². The van der Waals surface area contributed by atoms with E-state index >= 15 is 0 Å². The Balaban J connectivity index is 1.81. The molecule has 2 aromatic carbocycles. The highest BCUT2D eigenvalue weighted by Gasteiger charge is 2.42. The molecule has 126 valence electrons. The zero-order chi connectivity index (χ0) is 16.7. The van der Waals surface area contributed by atoms with Gasteiger partial charge < -0.3 is 19.5 Å². The first-order chi connectivity index (χ1) is 11.7. The molecule has 2 aromatic rings. The number of hydrogen-bond acceptors (Lipinski definition) is 4. The molecule has 1 saturated heterocycles. The minimum absolute atomic E-state index is 0.0563. The van der Waals surface area contributed by atoms with E-state index in [0.29, 0.717) is 5.92 Å². The highest BCUT2D eigenvalue weighted by molar-refractivity contribution is 6.30. The van der Waals surface area contributed by atoms with Gasteiger partial charge in [0.15, 0.2) is 11.5 Å². The van der Waals surface area contributed by atoms with Crippen molar-refractivity contribution < 1.29 is 14.2 Å². The number of benzene rings is 2. The van der Waals surface area contributed by atoms with E-state index in [4.69, 9.17) is 25.8 Å². The summed E-state index contributed by atoms with van der Waals surface area (Å²) in [5, 5.41) is 4.40. The van der Waals surface area contributed by atoms with Crippen LogP contribution in [0, 0.1) is 5.92 Å². The SMILES string of the molecule is COc1cccc([C@@H]2Nc3ccc(Cl)cc3[C@@H]3OCC[C@H]23)c1OC. The van der Waals surface area contributed by atoms with Gasteiger partial charge in [0.1, 0.15) is 0 Å². The van der Waals surface area contributed by atoms with Crippen LogP contribution in [0.4, 0.5) is 5.69 Å². The molecule has 1 fully saturated rings. The van der Waals surface area contributed by atoms with Gasteiger partial charge >= 0.3 is 0 Å². The summed E-state index contributed by atoms with van der Waals surface area (Å²) in [6.45, 7) is 0.756. The predicted molar refractivity (Wildman–Crippen MR) is 94.2 cm³/mol. The Hall–Kier alpha value is -1.91. The molecule has 0 saturated carbocycles. The lowest BCUT2D eigenvalue weighted by molar-refractivity contribution is 0.0826. The van der Waals surface area contributed by atoms with Crippen molar-refractivity contribution in [3.63, 3.8) is 0 Å². The van der Waals surface area contributed by atoms with E-state index in [9.17, 15) is 0 Å². The van der Waals surface area contributed by atoms with Gasteiger partial charge in [0, 0.05) is 34.4 Å². The summed E-state index contributed by atoms with van der Waals surface area (Å²) >= 11 is 6.19. The van der Waals surface area contributed by atoms with Gasteiger partial charge in [0.05, 0.1) is 26.4 Å². The summed E-state index contributed by atoms with van der Waals surface area (Å²) in [5.41, 5.74) is 3.30. The lowest BCUT2D eigenvalue weighted by Crippen LogP contribution is -2.29. The number of anilines is 1. The largest absolute Gasteiger partial charge is 0.493 e. The van der Waals surface area contributed by atoms with Crippen LogP contribution in [0.2, 0.25) is 5.02 Å². The molecular formula is C19H20ClNO3. The summed E-state index contributed by atoms with van der Waals surface area (Å²) in [5.74, 6) is 1.85. The van der Waals surface area contributed by atoms with Gasteiger partial charge in [0.2, 0.25) is 0 Å². The second kappa shape index (κ2) is 6.19. The number of para-hydroxylation sites is 1. The molecule has 3 atom stereocenters. The van der Waals surface area contributed by atoms with Gasteiger partial charge in [-0.1, -0.05) is 23.7 Å². The Kier molecular flexibility index (Phi) is 4.02. The van der Waals surface area contributed by atoms with Crippen molar-refractivity contribution in [1.82, 2.24) is 0 Å². The first-order valence-electron chi connectivity index (χ1n) is 8.11. The topological polar surface area (TPSA) is 39.7 Å². The van der Waals surface area contributed by atoms with E-state index in [-0.39, 0.29) is 12.1 Å². The molecule has 1 N–H and O–H groups in total. The van der Waals surface area contributed by atoms with Crippen LogP contribution in [-0.4, -0.2) is 20.8 Å². The molecule has 4 rings (SSSR count). The smallest absolute Gasteiger partial charge is 0.165 e. The summed E-state index contributed by atoms with van der Waals surface area (Å²) in [4.78, 5) is 0. The molecule has 0 radical (unpaired) electrons. The van der Waals surface area contributed by atoms with E-state index in [1.807, 2.05) is 30.3 Å². The van der Waals surface area contributed by atoms with Crippen LogP contribution in [-0.2, 0) is 4.74 Å². The van der Waals surface area contributed by atoms with E-state index in [1.165, 1.54) is 0 Å². The summed E-state index contributed by atoms with van der Waals surface area (Å²) in [6, 6.07) is 12.1. The maximum absolute atomic E-state index is 6.19. The van der Waals surface area contributed by atoms with Crippen LogP contribution >= 0.6 is 11.6 Å². The monoisotopic (exact) mass is 345 g/mol. The zero-order valence-electron chi connectivity index (χ0n) is 13.7. The number of methoxy groups -OCH3 is 2. The van der Waals surface area contributed by atoms with E-state index in [1.54, 1.807) is 14.2 Å².